The van der Waals surface area contributed by atoms with Gasteiger partial charge in [-0.2, -0.15) is 13.2 Å². The fourth-order valence-corrected chi connectivity index (χ4v) is 2.81. The molecule has 1 atom stereocenters. The molecule has 0 bridgehead atoms. The lowest BCUT2D eigenvalue weighted by Gasteiger charge is -2.25. The number of hydrogen-bond acceptors (Lipinski definition) is 3. The summed E-state index contributed by atoms with van der Waals surface area (Å²) >= 11 is 0. The van der Waals surface area contributed by atoms with Crippen LogP contribution in [0.2, 0.25) is 0 Å². The summed E-state index contributed by atoms with van der Waals surface area (Å²) in [6, 6.07) is 10.4. The third-order valence-corrected chi connectivity index (χ3v) is 4.58. The third kappa shape index (κ3) is 6.37. The van der Waals surface area contributed by atoms with Crippen LogP contribution in [0.15, 0.2) is 42.5 Å². The highest BCUT2D eigenvalue weighted by Gasteiger charge is 2.29. The Kier molecular flexibility index (Phi) is 7.47. The second kappa shape index (κ2) is 9.62. The van der Waals surface area contributed by atoms with Gasteiger partial charge in [-0.1, -0.05) is 24.3 Å². The Morgan fingerprint density at radius 1 is 1.14 bits per heavy atom. The summed E-state index contributed by atoms with van der Waals surface area (Å²) in [4.78, 5) is 14.0. The van der Waals surface area contributed by atoms with Gasteiger partial charge in [0.05, 0.1) is 13.2 Å². The summed E-state index contributed by atoms with van der Waals surface area (Å²) in [5, 5.41) is 0. The van der Waals surface area contributed by atoms with Crippen molar-refractivity contribution in [2.24, 2.45) is 0 Å². The molecule has 0 aliphatic carbocycles. The summed E-state index contributed by atoms with van der Waals surface area (Å²) in [6.07, 6.45) is -3.94. The molecule has 0 spiro atoms. The van der Waals surface area contributed by atoms with Crippen molar-refractivity contribution >= 4 is 5.91 Å². The number of benzene rings is 2. The average molecular weight is 413 g/mol. The SMILES string of the molecule is COc1cc(CCC(=O)N(C)C(C)c2ccccc2F)ccc1OCC(F)(F)F. The molecule has 2 rings (SSSR count). The lowest BCUT2D eigenvalue weighted by molar-refractivity contribution is -0.153. The predicted octanol–water partition coefficient (Wildman–Crippen LogP) is 4.93. The van der Waals surface area contributed by atoms with E-state index in [-0.39, 0.29) is 29.6 Å². The zero-order chi connectivity index (χ0) is 21.6. The van der Waals surface area contributed by atoms with Crippen LogP contribution in [0.3, 0.4) is 0 Å². The summed E-state index contributed by atoms with van der Waals surface area (Å²) in [6.45, 7) is 0.325. The average Bonchev–Trinajstić information content (AvgIpc) is 2.69. The Morgan fingerprint density at radius 2 is 1.83 bits per heavy atom. The third-order valence-electron chi connectivity index (χ3n) is 4.58. The van der Waals surface area contributed by atoms with Gasteiger partial charge < -0.3 is 14.4 Å². The monoisotopic (exact) mass is 413 g/mol. The van der Waals surface area contributed by atoms with Crippen LogP contribution in [0.4, 0.5) is 17.6 Å². The standard InChI is InChI=1S/C21H23F4NO3/c1-14(16-6-4-5-7-17(16)22)26(2)20(27)11-9-15-8-10-18(19(12-15)28-3)29-13-21(23,24)25/h4-8,10,12,14H,9,11,13H2,1-3H3. The van der Waals surface area contributed by atoms with Crippen molar-refractivity contribution in [2.45, 2.75) is 32.0 Å². The number of methoxy groups -OCH3 is 1. The number of rotatable bonds is 8. The normalized spacial score (nSPS) is 12.4. The number of carbonyl (C=O) groups is 1. The van der Waals surface area contributed by atoms with Crippen molar-refractivity contribution in [1.29, 1.82) is 0 Å². The number of nitrogens with zero attached hydrogens (tertiary/aromatic N) is 1. The molecule has 8 heteroatoms. The quantitative estimate of drug-likeness (QED) is 0.576. The molecule has 2 aromatic rings. The van der Waals surface area contributed by atoms with E-state index in [9.17, 15) is 22.4 Å². The fourth-order valence-electron chi connectivity index (χ4n) is 2.81. The highest BCUT2D eigenvalue weighted by Crippen LogP contribution is 2.30. The minimum absolute atomic E-state index is 0.0230. The van der Waals surface area contributed by atoms with E-state index in [4.69, 9.17) is 9.47 Å². The molecule has 0 aliphatic rings. The fraction of sp³-hybridized carbons (Fsp3) is 0.381. The molecule has 0 N–H and O–H groups in total. The van der Waals surface area contributed by atoms with Crippen LogP contribution in [0, 0.1) is 5.82 Å². The van der Waals surface area contributed by atoms with Gasteiger partial charge in [0.15, 0.2) is 18.1 Å². The van der Waals surface area contributed by atoms with Gasteiger partial charge in [-0.15, -0.1) is 0 Å². The highest BCUT2D eigenvalue weighted by atomic mass is 19.4. The first-order valence-electron chi connectivity index (χ1n) is 8.99. The predicted molar refractivity (Wildman–Crippen MR) is 100 cm³/mol. The second-order valence-corrected chi connectivity index (χ2v) is 6.59. The molecule has 158 valence electrons. The first-order valence-corrected chi connectivity index (χ1v) is 8.99. The molecule has 0 saturated heterocycles. The molecule has 1 unspecified atom stereocenters. The van der Waals surface area contributed by atoms with Gasteiger partial charge in [-0.25, -0.2) is 4.39 Å². The van der Waals surface area contributed by atoms with Gasteiger partial charge in [0.25, 0.3) is 0 Å². The van der Waals surface area contributed by atoms with Gasteiger partial charge in [0.1, 0.15) is 5.82 Å². The van der Waals surface area contributed by atoms with E-state index in [2.05, 4.69) is 0 Å². The molecule has 0 radical (unpaired) electrons. The summed E-state index contributed by atoms with van der Waals surface area (Å²) < 4.78 is 60.7. The van der Waals surface area contributed by atoms with E-state index >= 15 is 0 Å². The molecule has 0 heterocycles. The minimum atomic E-state index is -4.45. The number of halogens is 4. The van der Waals surface area contributed by atoms with E-state index in [1.54, 1.807) is 44.3 Å². The lowest BCUT2D eigenvalue weighted by Crippen LogP contribution is -2.30. The Labute approximate surface area is 167 Å². The molecule has 1 amide bonds. The molecule has 0 saturated carbocycles. The molecular weight excluding hydrogens is 390 g/mol. The van der Waals surface area contributed by atoms with Crippen molar-refractivity contribution in [1.82, 2.24) is 4.90 Å². The van der Waals surface area contributed by atoms with Crippen molar-refractivity contribution in [3.05, 3.63) is 59.4 Å². The molecule has 0 aromatic heterocycles. The second-order valence-electron chi connectivity index (χ2n) is 6.59. The Bertz CT molecular complexity index is 839. The van der Waals surface area contributed by atoms with E-state index in [0.29, 0.717) is 17.5 Å². The van der Waals surface area contributed by atoms with Crippen molar-refractivity contribution in [2.75, 3.05) is 20.8 Å². The Morgan fingerprint density at radius 3 is 2.45 bits per heavy atom. The summed E-state index contributed by atoms with van der Waals surface area (Å²) in [5.74, 6) is -0.423. The van der Waals surface area contributed by atoms with Gasteiger partial charge >= 0.3 is 6.18 Å². The van der Waals surface area contributed by atoms with Gasteiger partial charge in [0.2, 0.25) is 5.91 Å². The Hall–Kier alpha value is -2.77. The smallest absolute Gasteiger partial charge is 0.422 e. The zero-order valence-electron chi connectivity index (χ0n) is 16.4. The lowest BCUT2D eigenvalue weighted by atomic mass is 10.0. The van der Waals surface area contributed by atoms with Crippen molar-refractivity contribution in [3.8, 4) is 11.5 Å². The summed E-state index contributed by atoms with van der Waals surface area (Å²) in [5.41, 5.74) is 1.14. The van der Waals surface area contributed by atoms with Crippen LogP contribution in [0.1, 0.15) is 30.5 Å². The van der Waals surface area contributed by atoms with Gasteiger partial charge in [-0.3, -0.25) is 4.79 Å². The number of alkyl halides is 3. The Balaban J connectivity index is 1.99. The maximum Gasteiger partial charge on any atom is 0.422 e. The maximum absolute atomic E-state index is 13.9. The summed E-state index contributed by atoms with van der Waals surface area (Å²) in [7, 11) is 2.93. The highest BCUT2D eigenvalue weighted by molar-refractivity contribution is 5.76. The van der Waals surface area contributed by atoms with E-state index in [0.717, 1.165) is 0 Å². The van der Waals surface area contributed by atoms with E-state index in [1.165, 1.54) is 24.1 Å². The largest absolute Gasteiger partial charge is 0.493 e. The van der Waals surface area contributed by atoms with Crippen LogP contribution in [-0.4, -0.2) is 37.7 Å². The topological polar surface area (TPSA) is 38.8 Å². The number of aryl methyl sites for hydroxylation is 1. The van der Waals surface area contributed by atoms with Crippen LogP contribution in [0.5, 0.6) is 11.5 Å². The molecule has 0 fully saturated rings. The van der Waals surface area contributed by atoms with Gasteiger partial charge in [0, 0.05) is 19.0 Å². The molecule has 0 aliphatic heterocycles. The number of hydrogen-bond donors (Lipinski definition) is 0. The zero-order valence-corrected chi connectivity index (χ0v) is 16.4. The van der Waals surface area contributed by atoms with Crippen molar-refractivity contribution in [3.63, 3.8) is 0 Å². The first-order chi connectivity index (χ1) is 13.6. The number of carbonyl (C=O) groups excluding carboxylic acids is 1. The van der Waals surface area contributed by atoms with Gasteiger partial charge in [-0.05, 0) is 37.1 Å². The first kappa shape index (κ1) is 22.5. The van der Waals surface area contributed by atoms with Crippen LogP contribution in [-0.2, 0) is 11.2 Å². The maximum atomic E-state index is 13.9. The van der Waals surface area contributed by atoms with Crippen LogP contribution in [0.25, 0.3) is 0 Å². The molecule has 2 aromatic carbocycles. The molecule has 4 nitrogen and oxygen atoms in total. The number of amides is 1. The van der Waals surface area contributed by atoms with Crippen molar-refractivity contribution < 1.29 is 31.8 Å². The van der Waals surface area contributed by atoms with E-state index in [1.807, 2.05) is 0 Å². The van der Waals surface area contributed by atoms with Crippen LogP contribution >= 0.6 is 0 Å². The van der Waals surface area contributed by atoms with E-state index < -0.39 is 18.8 Å². The number of ether oxygens (including phenoxy) is 2. The minimum Gasteiger partial charge on any atom is -0.493 e. The molecule has 29 heavy (non-hydrogen) atoms. The van der Waals surface area contributed by atoms with Crippen LogP contribution < -0.4 is 9.47 Å². The molecular formula is C21H23F4NO3.